The molecule has 2 amide bonds. The van der Waals surface area contributed by atoms with Crippen LogP contribution < -0.4 is 0 Å². The van der Waals surface area contributed by atoms with Gasteiger partial charge in [0.15, 0.2) is 0 Å². The lowest BCUT2D eigenvalue weighted by molar-refractivity contribution is -0.134. The molecule has 1 aliphatic heterocycles. The molecule has 1 atom stereocenters. The number of carbonyl (C=O) groups excluding carboxylic acids is 2. The van der Waals surface area contributed by atoms with Crippen molar-refractivity contribution >= 4 is 11.8 Å². The molecule has 0 saturated carbocycles. The summed E-state index contributed by atoms with van der Waals surface area (Å²) in [7, 11) is 0. The highest BCUT2D eigenvalue weighted by Gasteiger charge is 2.33. The van der Waals surface area contributed by atoms with E-state index in [4.69, 9.17) is 0 Å². The lowest BCUT2D eigenvalue weighted by atomic mass is 9.94. The molecule has 1 fully saturated rings. The van der Waals surface area contributed by atoms with Crippen LogP contribution in [-0.4, -0.2) is 58.0 Å². The van der Waals surface area contributed by atoms with Gasteiger partial charge in [0.1, 0.15) is 0 Å². The molecule has 166 valence electrons. The molecule has 32 heavy (non-hydrogen) atoms. The number of rotatable bonds is 6. The first-order valence-electron chi connectivity index (χ1n) is 11.3. The number of H-pyrrole nitrogens is 1. The van der Waals surface area contributed by atoms with Crippen molar-refractivity contribution in [1.29, 1.82) is 0 Å². The third kappa shape index (κ3) is 4.74. The van der Waals surface area contributed by atoms with E-state index in [1.54, 1.807) is 6.20 Å². The molecular weight excluding hydrogens is 400 g/mol. The summed E-state index contributed by atoms with van der Waals surface area (Å²) in [5.74, 6) is -0.201. The number of benzene rings is 2. The fraction of sp³-hybridized carbons (Fsp3) is 0.346. The number of hydrogen-bond donors (Lipinski definition) is 1. The van der Waals surface area contributed by atoms with Crippen LogP contribution in [-0.2, 0) is 11.2 Å². The largest absolute Gasteiger partial charge is 0.341 e. The van der Waals surface area contributed by atoms with Gasteiger partial charge in [-0.3, -0.25) is 14.7 Å². The highest BCUT2D eigenvalue weighted by atomic mass is 16.2. The van der Waals surface area contributed by atoms with Crippen molar-refractivity contribution in [1.82, 2.24) is 20.0 Å². The average Bonchev–Trinajstić information content (AvgIpc) is 3.19. The Kier molecular flexibility index (Phi) is 6.69. The molecule has 1 N–H and O–H groups in total. The molecule has 4 rings (SSSR count). The smallest absolute Gasteiger partial charge is 0.257 e. The second kappa shape index (κ2) is 9.81. The van der Waals surface area contributed by atoms with Gasteiger partial charge in [-0.1, -0.05) is 61.5 Å². The van der Waals surface area contributed by atoms with Crippen LogP contribution in [0.15, 0.2) is 60.8 Å². The van der Waals surface area contributed by atoms with Gasteiger partial charge in [0, 0.05) is 31.9 Å². The predicted octanol–water partition coefficient (Wildman–Crippen LogP) is 3.94. The molecule has 1 aromatic heterocycles. The molecule has 2 heterocycles. The van der Waals surface area contributed by atoms with Crippen LogP contribution in [0.25, 0.3) is 11.1 Å². The fourth-order valence-corrected chi connectivity index (χ4v) is 4.40. The van der Waals surface area contributed by atoms with Crippen molar-refractivity contribution in [2.24, 2.45) is 5.92 Å². The molecule has 3 aromatic rings. The zero-order valence-corrected chi connectivity index (χ0v) is 18.8. The molecule has 2 aromatic carbocycles. The highest BCUT2D eigenvalue weighted by molar-refractivity contribution is 5.95. The number of hydrogen-bond acceptors (Lipinski definition) is 3. The maximum absolute atomic E-state index is 13.4. The summed E-state index contributed by atoms with van der Waals surface area (Å²) in [6.45, 7) is 6.16. The lowest BCUT2D eigenvalue weighted by Crippen LogP contribution is -2.38. The fourth-order valence-electron chi connectivity index (χ4n) is 4.40. The van der Waals surface area contributed by atoms with Gasteiger partial charge in [-0.15, -0.1) is 0 Å². The molecular formula is C26H30N4O2. The number of aromatic nitrogens is 2. The van der Waals surface area contributed by atoms with Crippen molar-refractivity contribution in [3.63, 3.8) is 0 Å². The molecule has 6 heteroatoms. The number of nitrogens with zero attached hydrogens (tertiary/aromatic N) is 3. The van der Waals surface area contributed by atoms with Gasteiger partial charge in [-0.2, -0.15) is 5.10 Å². The van der Waals surface area contributed by atoms with Crippen LogP contribution in [0.2, 0.25) is 0 Å². The standard InChI is InChI=1S/C26H30N4O2/c1-3-12-29-13-14-30(26(32)24-17-27-28-19(24)2)18-23(25(29)31)16-20-8-7-11-22(15-20)21-9-5-4-6-10-21/h4-11,15,17,23H,3,12-14,16,18H2,1-2H3,(H,27,28). The van der Waals surface area contributed by atoms with Gasteiger partial charge in [-0.25, -0.2) is 0 Å². The topological polar surface area (TPSA) is 69.3 Å². The normalized spacial score (nSPS) is 16.8. The molecule has 0 radical (unpaired) electrons. The Morgan fingerprint density at radius 1 is 1.09 bits per heavy atom. The van der Waals surface area contributed by atoms with Crippen molar-refractivity contribution in [2.75, 3.05) is 26.2 Å². The number of aryl methyl sites for hydroxylation is 1. The van der Waals surface area contributed by atoms with E-state index in [-0.39, 0.29) is 17.7 Å². The van der Waals surface area contributed by atoms with Gasteiger partial charge < -0.3 is 9.80 Å². The second-order valence-electron chi connectivity index (χ2n) is 8.45. The summed E-state index contributed by atoms with van der Waals surface area (Å²) >= 11 is 0. The van der Waals surface area contributed by atoms with Gasteiger partial charge >= 0.3 is 0 Å². The first kappa shape index (κ1) is 21.8. The minimum atomic E-state index is -0.272. The lowest BCUT2D eigenvalue weighted by Gasteiger charge is -2.24. The first-order valence-corrected chi connectivity index (χ1v) is 11.3. The molecule has 1 unspecified atom stereocenters. The first-order chi connectivity index (χ1) is 15.6. The molecule has 0 aliphatic carbocycles. The van der Waals surface area contributed by atoms with Crippen LogP contribution >= 0.6 is 0 Å². The van der Waals surface area contributed by atoms with E-state index in [1.807, 2.05) is 41.0 Å². The van der Waals surface area contributed by atoms with Crippen LogP contribution in [0.3, 0.4) is 0 Å². The van der Waals surface area contributed by atoms with Crippen LogP contribution in [0.4, 0.5) is 0 Å². The monoisotopic (exact) mass is 430 g/mol. The Morgan fingerprint density at radius 3 is 2.59 bits per heavy atom. The van der Waals surface area contributed by atoms with Gasteiger partial charge in [-0.05, 0) is 36.5 Å². The number of nitrogens with one attached hydrogen (secondary N) is 1. The van der Waals surface area contributed by atoms with Gasteiger partial charge in [0.25, 0.3) is 5.91 Å². The van der Waals surface area contributed by atoms with E-state index in [1.165, 1.54) is 0 Å². The van der Waals surface area contributed by atoms with Crippen molar-refractivity contribution < 1.29 is 9.59 Å². The van der Waals surface area contributed by atoms with Crippen molar-refractivity contribution in [3.05, 3.63) is 77.6 Å². The Bertz CT molecular complexity index is 1080. The Hall–Kier alpha value is -3.41. The molecule has 0 bridgehead atoms. The quantitative estimate of drug-likeness (QED) is 0.644. The summed E-state index contributed by atoms with van der Waals surface area (Å²) in [6, 6.07) is 18.6. The third-order valence-electron chi connectivity index (χ3n) is 6.10. The molecule has 1 saturated heterocycles. The van der Waals surface area contributed by atoms with E-state index in [9.17, 15) is 9.59 Å². The van der Waals surface area contributed by atoms with E-state index >= 15 is 0 Å². The van der Waals surface area contributed by atoms with Gasteiger partial charge in [0.2, 0.25) is 5.91 Å². The number of aromatic amines is 1. The zero-order chi connectivity index (χ0) is 22.5. The summed E-state index contributed by atoms with van der Waals surface area (Å²) in [5, 5.41) is 6.84. The second-order valence-corrected chi connectivity index (χ2v) is 8.45. The van der Waals surface area contributed by atoms with E-state index < -0.39 is 0 Å². The Morgan fingerprint density at radius 2 is 1.88 bits per heavy atom. The minimum absolute atomic E-state index is 0.0644. The van der Waals surface area contributed by atoms with E-state index in [0.717, 1.165) is 28.8 Å². The molecule has 0 spiro atoms. The van der Waals surface area contributed by atoms with Crippen LogP contribution in [0.5, 0.6) is 0 Å². The molecule has 6 nitrogen and oxygen atoms in total. The SMILES string of the molecule is CCCN1CCN(C(=O)c2cn[nH]c2C)CC(Cc2cccc(-c3ccccc3)c2)C1=O. The summed E-state index contributed by atoms with van der Waals surface area (Å²) < 4.78 is 0. The summed E-state index contributed by atoms with van der Waals surface area (Å²) in [6.07, 6.45) is 3.08. The van der Waals surface area contributed by atoms with Crippen LogP contribution in [0.1, 0.15) is 35.0 Å². The van der Waals surface area contributed by atoms with E-state index in [0.29, 0.717) is 38.2 Å². The Labute approximate surface area is 189 Å². The van der Waals surface area contributed by atoms with Crippen molar-refractivity contribution in [3.8, 4) is 11.1 Å². The predicted molar refractivity (Wildman–Crippen MR) is 125 cm³/mol. The highest BCUT2D eigenvalue weighted by Crippen LogP contribution is 2.24. The van der Waals surface area contributed by atoms with Crippen molar-refractivity contribution in [2.45, 2.75) is 26.7 Å². The summed E-state index contributed by atoms with van der Waals surface area (Å²) in [4.78, 5) is 30.3. The maximum Gasteiger partial charge on any atom is 0.257 e. The molecule has 1 aliphatic rings. The summed E-state index contributed by atoms with van der Waals surface area (Å²) in [5.41, 5.74) is 4.72. The third-order valence-corrected chi connectivity index (χ3v) is 6.10. The number of amides is 2. The van der Waals surface area contributed by atoms with Gasteiger partial charge in [0.05, 0.1) is 17.7 Å². The minimum Gasteiger partial charge on any atom is -0.341 e. The maximum atomic E-state index is 13.4. The van der Waals surface area contributed by atoms with E-state index in [2.05, 4.69) is 47.5 Å². The van der Waals surface area contributed by atoms with Crippen LogP contribution in [0, 0.1) is 12.8 Å². The average molecular weight is 431 g/mol. The zero-order valence-electron chi connectivity index (χ0n) is 18.8. The Balaban J connectivity index is 1.59. The number of carbonyl (C=O) groups is 2.